The smallest absolute Gasteiger partial charge is 0.416 e. The fraction of sp³-hybridized carbons (Fsp3) is 0.333. The third-order valence-corrected chi connectivity index (χ3v) is 3.05. The molecule has 0 bridgehead atoms. The summed E-state index contributed by atoms with van der Waals surface area (Å²) in [7, 11) is 0. The van der Waals surface area contributed by atoms with E-state index in [9.17, 15) is 13.2 Å². The molecule has 20 heavy (non-hydrogen) atoms. The van der Waals surface area contributed by atoms with Gasteiger partial charge >= 0.3 is 6.18 Å². The van der Waals surface area contributed by atoms with Crippen molar-refractivity contribution in [3.8, 4) is 0 Å². The molecule has 1 aromatic carbocycles. The summed E-state index contributed by atoms with van der Waals surface area (Å²) in [6.45, 7) is 2.59. The molecule has 1 unspecified atom stereocenters. The highest BCUT2D eigenvalue weighted by molar-refractivity contribution is 5.28. The van der Waals surface area contributed by atoms with Gasteiger partial charge in [-0.2, -0.15) is 13.2 Å². The van der Waals surface area contributed by atoms with Crippen molar-refractivity contribution in [2.75, 3.05) is 6.54 Å². The Bertz CT molecular complexity index is 534. The number of nitrogens with one attached hydrogen (secondary N) is 1. The second-order valence-electron chi connectivity index (χ2n) is 4.52. The molecular weight excluding hydrogens is 267 g/mol. The molecule has 5 heteroatoms. The van der Waals surface area contributed by atoms with Gasteiger partial charge in [0.1, 0.15) is 5.76 Å². The molecule has 1 aromatic heterocycles. The summed E-state index contributed by atoms with van der Waals surface area (Å²) >= 11 is 0. The first-order valence-electron chi connectivity index (χ1n) is 6.43. The maximum absolute atomic E-state index is 12.8. The molecule has 1 atom stereocenters. The van der Waals surface area contributed by atoms with E-state index in [1.807, 2.05) is 13.0 Å². The second kappa shape index (κ2) is 6.13. The Labute approximate surface area is 115 Å². The Hall–Kier alpha value is -1.75. The van der Waals surface area contributed by atoms with Gasteiger partial charge in [0.25, 0.3) is 0 Å². The molecule has 0 spiro atoms. The monoisotopic (exact) mass is 283 g/mol. The standard InChI is InChI=1S/C15H16F3NO/c1-2-19-14(10-13-7-4-8-20-13)11-5-3-6-12(9-11)15(16,17)18/h3-9,14,19H,2,10H2,1H3. The van der Waals surface area contributed by atoms with Gasteiger partial charge in [-0.15, -0.1) is 0 Å². The molecule has 2 aromatic rings. The summed E-state index contributed by atoms with van der Waals surface area (Å²) in [5, 5.41) is 3.19. The molecular formula is C15H16F3NO. The molecule has 2 nitrogen and oxygen atoms in total. The molecule has 1 N–H and O–H groups in total. The number of alkyl halides is 3. The largest absolute Gasteiger partial charge is 0.469 e. The van der Waals surface area contributed by atoms with Crippen molar-refractivity contribution in [2.45, 2.75) is 25.6 Å². The van der Waals surface area contributed by atoms with Crippen LogP contribution in [0.2, 0.25) is 0 Å². The van der Waals surface area contributed by atoms with Crippen LogP contribution in [-0.4, -0.2) is 6.54 Å². The van der Waals surface area contributed by atoms with E-state index in [1.165, 1.54) is 12.1 Å². The lowest BCUT2D eigenvalue weighted by Gasteiger charge is -2.18. The molecule has 0 fully saturated rings. The van der Waals surface area contributed by atoms with Crippen LogP contribution in [-0.2, 0) is 12.6 Å². The maximum atomic E-state index is 12.8. The number of hydrogen-bond acceptors (Lipinski definition) is 2. The zero-order valence-corrected chi connectivity index (χ0v) is 11.1. The number of hydrogen-bond donors (Lipinski definition) is 1. The third kappa shape index (κ3) is 3.63. The summed E-state index contributed by atoms with van der Waals surface area (Å²) < 4.78 is 43.5. The van der Waals surface area contributed by atoms with E-state index in [-0.39, 0.29) is 6.04 Å². The summed E-state index contributed by atoms with van der Waals surface area (Å²) in [5.41, 5.74) is -0.0181. The van der Waals surface area contributed by atoms with Crippen molar-refractivity contribution < 1.29 is 17.6 Å². The van der Waals surface area contributed by atoms with E-state index >= 15 is 0 Å². The van der Waals surface area contributed by atoms with Gasteiger partial charge < -0.3 is 9.73 Å². The Morgan fingerprint density at radius 1 is 1.20 bits per heavy atom. The molecule has 0 aliphatic carbocycles. The SMILES string of the molecule is CCNC(Cc1ccco1)c1cccc(C(F)(F)F)c1. The van der Waals surface area contributed by atoms with Gasteiger partial charge in [-0.1, -0.05) is 19.1 Å². The number of benzene rings is 1. The van der Waals surface area contributed by atoms with Gasteiger partial charge in [0.05, 0.1) is 11.8 Å². The lowest BCUT2D eigenvalue weighted by atomic mass is 10.00. The number of halogens is 3. The van der Waals surface area contributed by atoms with Crippen molar-refractivity contribution >= 4 is 0 Å². The van der Waals surface area contributed by atoms with Gasteiger partial charge in [-0.25, -0.2) is 0 Å². The molecule has 0 aliphatic heterocycles. The number of likely N-dealkylation sites (N-methyl/N-ethyl adjacent to an activating group) is 1. The highest BCUT2D eigenvalue weighted by Crippen LogP contribution is 2.31. The van der Waals surface area contributed by atoms with E-state index in [0.29, 0.717) is 18.5 Å². The predicted molar refractivity (Wildman–Crippen MR) is 70.3 cm³/mol. The van der Waals surface area contributed by atoms with Crippen molar-refractivity contribution in [1.82, 2.24) is 5.32 Å². The minimum Gasteiger partial charge on any atom is -0.469 e. The second-order valence-corrected chi connectivity index (χ2v) is 4.52. The quantitative estimate of drug-likeness (QED) is 0.890. The van der Waals surface area contributed by atoms with E-state index in [4.69, 9.17) is 4.42 Å². The first-order valence-corrected chi connectivity index (χ1v) is 6.43. The van der Waals surface area contributed by atoms with Crippen LogP contribution in [0.25, 0.3) is 0 Å². The van der Waals surface area contributed by atoms with E-state index in [2.05, 4.69) is 5.32 Å². The molecule has 2 rings (SSSR count). The van der Waals surface area contributed by atoms with Gasteiger partial charge in [-0.05, 0) is 36.4 Å². The van der Waals surface area contributed by atoms with Crippen LogP contribution in [0.15, 0.2) is 47.1 Å². The minimum absolute atomic E-state index is 0.201. The fourth-order valence-corrected chi connectivity index (χ4v) is 2.12. The highest BCUT2D eigenvalue weighted by atomic mass is 19.4. The van der Waals surface area contributed by atoms with Crippen molar-refractivity contribution in [2.24, 2.45) is 0 Å². The lowest BCUT2D eigenvalue weighted by Crippen LogP contribution is -2.23. The molecule has 0 saturated heterocycles. The first-order chi connectivity index (χ1) is 9.50. The molecule has 1 heterocycles. The first kappa shape index (κ1) is 14.7. The summed E-state index contributed by atoms with van der Waals surface area (Å²) in [4.78, 5) is 0. The third-order valence-electron chi connectivity index (χ3n) is 3.05. The molecule has 0 saturated carbocycles. The van der Waals surface area contributed by atoms with Crippen LogP contribution >= 0.6 is 0 Å². The lowest BCUT2D eigenvalue weighted by molar-refractivity contribution is -0.137. The highest BCUT2D eigenvalue weighted by Gasteiger charge is 2.31. The van der Waals surface area contributed by atoms with E-state index in [0.717, 1.165) is 11.8 Å². The van der Waals surface area contributed by atoms with Crippen LogP contribution < -0.4 is 5.32 Å². The van der Waals surface area contributed by atoms with Crippen LogP contribution in [0.3, 0.4) is 0 Å². The van der Waals surface area contributed by atoms with Crippen molar-refractivity contribution in [3.63, 3.8) is 0 Å². The normalized spacial score (nSPS) is 13.4. The minimum atomic E-state index is -4.32. The van der Waals surface area contributed by atoms with Gasteiger partial charge in [0, 0.05) is 12.5 Å². The maximum Gasteiger partial charge on any atom is 0.416 e. The van der Waals surface area contributed by atoms with Crippen molar-refractivity contribution in [3.05, 3.63) is 59.5 Å². The average molecular weight is 283 g/mol. The summed E-state index contributed by atoms with van der Waals surface area (Å²) in [6.07, 6.45) is -2.25. The van der Waals surface area contributed by atoms with Crippen LogP contribution in [0.1, 0.15) is 29.9 Å². The van der Waals surface area contributed by atoms with E-state index in [1.54, 1.807) is 18.4 Å². The molecule has 0 amide bonds. The number of furan rings is 1. The Morgan fingerprint density at radius 2 is 2.00 bits per heavy atom. The Balaban J connectivity index is 2.25. The van der Waals surface area contributed by atoms with Crippen LogP contribution in [0.5, 0.6) is 0 Å². The number of rotatable bonds is 5. The predicted octanol–water partition coefficient (Wildman–Crippen LogP) is 4.19. The van der Waals surface area contributed by atoms with Crippen LogP contribution in [0, 0.1) is 0 Å². The fourth-order valence-electron chi connectivity index (χ4n) is 2.12. The summed E-state index contributed by atoms with van der Waals surface area (Å²) in [5.74, 6) is 0.744. The topological polar surface area (TPSA) is 25.2 Å². The Morgan fingerprint density at radius 3 is 2.60 bits per heavy atom. The van der Waals surface area contributed by atoms with Crippen molar-refractivity contribution in [1.29, 1.82) is 0 Å². The van der Waals surface area contributed by atoms with Gasteiger partial charge in [-0.3, -0.25) is 0 Å². The Kier molecular flexibility index (Phi) is 4.49. The molecule has 0 radical (unpaired) electrons. The molecule has 0 aliphatic rings. The van der Waals surface area contributed by atoms with Gasteiger partial charge in [0.15, 0.2) is 0 Å². The van der Waals surface area contributed by atoms with Crippen LogP contribution in [0.4, 0.5) is 13.2 Å². The van der Waals surface area contributed by atoms with Gasteiger partial charge in [0.2, 0.25) is 0 Å². The van der Waals surface area contributed by atoms with E-state index < -0.39 is 11.7 Å². The average Bonchev–Trinajstić information content (AvgIpc) is 2.90. The summed E-state index contributed by atoms with van der Waals surface area (Å²) in [6, 6.07) is 8.79. The zero-order valence-electron chi connectivity index (χ0n) is 11.1. The zero-order chi connectivity index (χ0) is 14.6. The molecule has 108 valence electrons.